The molecule has 0 aliphatic carbocycles. The number of ether oxygens (including phenoxy) is 2. The molecule has 1 spiro atoms. The van der Waals surface area contributed by atoms with Crippen LogP contribution in [0.3, 0.4) is 0 Å². The molecule has 4 rings (SSSR count). The third kappa shape index (κ3) is 5.86. The number of carbonyl (C=O) groups excluding carboxylic acids is 3. The summed E-state index contributed by atoms with van der Waals surface area (Å²) in [6, 6.07) is 8.02. The summed E-state index contributed by atoms with van der Waals surface area (Å²) in [7, 11) is 0. The SMILES string of the molecule is C=CCCCOC(=O)[C@H]1[C@H]2C(=O)N([C@@H](CO)Cc3ccccc3)C(C(=O)N(CC=C)CCCCC)C23CC[C@]1(C)O3. The van der Waals surface area contributed by atoms with Crippen molar-refractivity contribution in [3.63, 3.8) is 0 Å². The second kappa shape index (κ2) is 13.3. The molecule has 8 nitrogen and oxygen atoms in total. The van der Waals surface area contributed by atoms with Gasteiger partial charge in [0.05, 0.1) is 30.8 Å². The van der Waals surface area contributed by atoms with Crippen molar-refractivity contribution in [1.82, 2.24) is 9.80 Å². The number of carbonyl (C=O) groups is 3. The maximum absolute atomic E-state index is 14.5. The van der Waals surface area contributed by atoms with Crippen molar-refractivity contribution in [1.29, 1.82) is 0 Å². The molecule has 3 aliphatic heterocycles. The lowest BCUT2D eigenvalue weighted by Gasteiger charge is -2.39. The molecule has 224 valence electrons. The van der Waals surface area contributed by atoms with E-state index in [4.69, 9.17) is 9.47 Å². The number of fused-ring (bicyclic) bond motifs is 1. The highest BCUT2D eigenvalue weighted by Gasteiger charge is 2.79. The van der Waals surface area contributed by atoms with Gasteiger partial charge in [0.15, 0.2) is 0 Å². The highest BCUT2D eigenvalue weighted by molar-refractivity contribution is 5.98. The van der Waals surface area contributed by atoms with Gasteiger partial charge in [0.25, 0.3) is 0 Å². The third-order valence-corrected chi connectivity index (χ3v) is 9.11. The highest BCUT2D eigenvalue weighted by Crippen LogP contribution is 2.63. The Kier molecular flexibility index (Phi) is 10.1. The van der Waals surface area contributed by atoms with E-state index in [2.05, 4.69) is 20.1 Å². The molecular weight excluding hydrogens is 520 g/mol. The minimum absolute atomic E-state index is 0.215. The maximum atomic E-state index is 14.5. The Labute approximate surface area is 244 Å². The first-order valence-corrected chi connectivity index (χ1v) is 15.1. The van der Waals surface area contributed by atoms with E-state index in [1.807, 2.05) is 37.3 Å². The van der Waals surface area contributed by atoms with Gasteiger partial charge in [0.2, 0.25) is 11.8 Å². The van der Waals surface area contributed by atoms with Crippen molar-refractivity contribution in [2.24, 2.45) is 11.8 Å². The van der Waals surface area contributed by atoms with E-state index in [-0.39, 0.29) is 25.0 Å². The van der Waals surface area contributed by atoms with Crippen LogP contribution in [0.25, 0.3) is 0 Å². The summed E-state index contributed by atoms with van der Waals surface area (Å²) in [5, 5.41) is 10.6. The monoisotopic (exact) mass is 566 g/mol. The smallest absolute Gasteiger partial charge is 0.312 e. The van der Waals surface area contributed by atoms with Gasteiger partial charge in [0.1, 0.15) is 17.6 Å². The number of likely N-dealkylation sites (tertiary alicyclic amines) is 1. The Balaban J connectivity index is 1.73. The first-order chi connectivity index (χ1) is 19.8. The summed E-state index contributed by atoms with van der Waals surface area (Å²) in [6.45, 7) is 12.3. The average molecular weight is 567 g/mol. The van der Waals surface area contributed by atoms with Crippen molar-refractivity contribution < 1.29 is 29.0 Å². The minimum Gasteiger partial charge on any atom is -0.465 e. The number of benzene rings is 1. The van der Waals surface area contributed by atoms with Gasteiger partial charge in [-0.25, -0.2) is 0 Å². The van der Waals surface area contributed by atoms with E-state index in [1.165, 1.54) is 0 Å². The summed E-state index contributed by atoms with van der Waals surface area (Å²) in [4.78, 5) is 45.8. The quantitative estimate of drug-likeness (QED) is 0.184. The first-order valence-electron chi connectivity index (χ1n) is 15.1. The van der Waals surface area contributed by atoms with Crippen molar-refractivity contribution in [2.75, 3.05) is 26.3 Å². The van der Waals surface area contributed by atoms with Crippen molar-refractivity contribution in [3.05, 3.63) is 61.2 Å². The lowest BCUT2D eigenvalue weighted by molar-refractivity contribution is -0.162. The van der Waals surface area contributed by atoms with E-state index in [0.717, 1.165) is 31.2 Å². The normalized spacial score (nSPS) is 28.8. The van der Waals surface area contributed by atoms with Crippen LogP contribution in [0.4, 0.5) is 0 Å². The van der Waals surface area contributed by atoms with Gasteiger partial charge < -0.3 is 24.4 Å². The zero-order valence-corrected chi connectivity index (χ0v) is 24.6. The molecule has 2 bridgehead atoms. The lowest BCUT2D eigenvalue weighted by atomic mass is 9.66. The predicted molar refractivity (Wildman–Crippen MR) is 157 cm³/mol. The van der Waals surface area contributed by atoms with Crippen LogP contribution in [-0.4, -0.2) is 82.3 Å². The third-order valence-electron chi connectivity index (χ3n) is 9.11. The molecule has 1 N–H and O–H groups in total. The van der Waals surface area contributed by atoms with E-state index in [1.54, 1.807) is 22.0 Å². The number of hydrogen-bond acceptors (Lipinski definition) is 6. The van der Waals surface area contributed by atoms with E-state index in [9.17, 15) is 19.5 Å². The van der Waals surface area contributed by atoms with Crippen molar-refractivity contribution >= 4 is 17.8 Å². The van der Waals surface area contributed by atoms with Crippen molar-refractivity contribution in [2.45, 2.75) is 88.5 Å². The van der Waals surface area contributed by atoms with Gasteiger partial charge in [-0.15, -0.1) is 13.2 Å². The number of nitrogens with zero attached hydrogens (tertiary/aromatic N) is 2. The number of amides is 2. The van der Waals surface area contributed by atoms with Crippen LogP contribution in [0.5, 0.6) is 0 Å². The first kappa shape index (κ1) is 31.0. The molecule has 1 aromatic carbocycles. The van der Waals surface area contributed by atoms with Crippen LogP contribution in [0.1, 0.15) is 64.4 Å². The highest BCUT2D eigenvalue weighted by atomic mass is 16.6. The molecule has 1 aromatic rings. The summed E-state index contributed by atoms with van der Waals surface area (Å²) in [5.41, 5.74) is -1.12. The van der Waals surface area contributed by atoms with Crippen LogP contribution in [0.2, 0.25) is 0 Å². The van der Waals surface area contributed by atoms with E-state index >= 15 is 0 Å². The topological polar surface area (TPSA) is 96.4 Å². The molecule has 0 radical (unpaired) electrons. The molecule has 0 aromatic heterocycles. The fourth-order valence-corrected chi connectivity index (χ4v) is 7.19. The standard InChI is InChI=1S/C33H46N2O6/c1-5-8-13-20-34(19-7-3)30(38)28-33-18-17-32(4,41-33)27(31(39)40-21-14-9-6-2)26(33)29(37)35(28)25(23-36)22-24-15-11-10-12-16-24/h6-7,10-12,15-16,25-28,36H,2-3,5,8-9,13-14,17-23H2,1,4H3/t25-,26+,27-,28?,32+,33?/m1/s1. The molecule has 41 heavy (non-hydrogen) atoms. The zero-order chi connectivity index (χ0) is 29.6. The number of unbranched alkanes of at least 4 members (excludes halogenated alkanes) is 3. The molecule has 0 saturated carbocycles. The summed E-state index contributed by atoms with van der Waals surface area (Å²) in [5.74, 6) is -2.67. The van der Waals surface area contributed by atoms with E-state index < -0.39 is 41.1 Å². The van der Waals surface area contributed by atoms with Crippen LogP contribution >= 0.6 is 0 Å². The van der Waals surface area contributed by atoms with Crippen LogP contribution in [-0.2, 0) is 30.3 Å². The fraction of sp³-hybridized carbons (Fsp3) is 0.606. The number of aliphatic hydroxyl groups excluding tert-OH is 1. The number of allylic oxidation sites excluding steroid dienone is 1. The Morgan fingerprint density at radius 3 is 2.61 bits per heavy atom. The average Bonchev–Trinajstić information content (AvgIpc) is 3.54. The minimum atomic E-state index is -1.16. The molecule has 2 amide bonds. The second-order valence-electron chi connectivity index (χ2n) is 11.9. The number of esters is 1. The van der Waals surface area contributed by atoms with Gasteiger partial charge in [-0.3, -0.25) is 14.4 Å². The van der Waals surface area contributed by atoms with Crippen LogP contribution < -0.4 is 0 Å². The largest absolute Gasteiger partial charge is 0.465 e. The summed E-state index contributed by atoms with van der Waals surface area (Å²) < 4.78 is 12.4. The molecule has 3 fully saturated rings. The fourth-order valence-electron chi connectivity index (χ4n) is 7.19. The Morgan fingerprint density at radius 1 is 1.20 bits per heavy atom. The Bertz CT molecular complexity index is 1110. The zero-order valence-electron chi connectivity index (χ0n) is 24.6. The van der Waals surface area contributed by atoms with Crippen molar-refractivity contribution in [3.8, 4) is 0 Å². The van der Waals surface area contributed by atoms with E-state index in [0.29, 0.717) is 38.8 Å². The second-order valence-corrected chi connectivity index (χ2v) is 11.9. The molecular formula is C33H46N2O6. The van der Waals surface area contributed by atoms with Crippen LogP contribution in [0, 0.1) is 11.8 Å². The number of rotatable bonds is 16. The Morgan fingerprint density at radius 2 is 1.95 bits per heavy atom. The van der Waals surface area contributed by atoms with Gasteiger partial charge in [-0.05, 0) is 51.0 Å². The van der Waals surface area contributed by atoms with Gasteiger partial charge in [-0.2, -0.15) is 0 Å². The van der Waals surface area contributed by atoms with Gasteiger partial charge >= 0.3 is 5.97 Å². The molecule has 6 atom stereocenters. The molecule has 3 heterocycles. The molecule has 3 aliphatic rings. The Hall–Kier alpha value is -2.97. The molecule has 2 unspecified atom stereocenters. The molecule has 8 heteroatoms. The van der Waals surface area contributed by atoms with Gasteiger partial charge in [-0.1, -0.05) is 62.2 Å². The maximum Gasteiger partial charge on any atom is 0.312 e. The predicted octanol–water partition coefficient (Wildman–Crippen LogP) is 4.07. The van der Waals surface area contributed by atoms with Crippen LogP contribution in [0.15, 0.2) is 55.6 Å². The van der Waals surface area contributed by atoms with Gasteiger partial charge in [0, 0.05) is 13.1 Å². The lowest BCUT2D eigenvalue weighted by Crippen LogP contribution is -2.59. The molecule has 3 saturated heterocycles. The number of hydrogen-bond donors (Lipinski definition) is 1. The summed E-state index contributed by atoms with van der Waals surface area (Å²) >= 11 is 0. The summed E-state index contributed by atoms with van der Waals surface area (Å²) in [6.07, 6.45) is 9.06. The number of aliphatic hydroxyl groups is 1.